The van der Waals surface area contributed by atoms with Gasteiger partial charge in [-0.15, -0.1) is 0 Å². The van der Waals surface area contributed by atoms with Gasteiger partial charge in [0.15, 0.2) is 5.82 Å². The number of nitrogens with zero attached hydrogens (tertiary/aromatic N) is 3. The molecule has 0 aliphatic heterocycles. The lowest BCUT2D eigenvalue weighted by Gasteiger charge is -2.20. The summed E-state index contributed by atoms with van der Waals surface area (Å²) in [4.78, 5) is 2.27. The van der Waals surface area contributed by atoms with E-state index in [2.05, 4.69) is 35.6 Å². The largest absolute Gasteiger partial charge is 0.381 e. The minimum absolute atomic E-state index is 0.0274. The zero-order chi connectivity index (χ0) is 15.3. The smallest absolute Gasteiger partial charge is 0.245 e. The van der Waals surface area contributed by atoms with Crippen molar-refractivity contribution in [1.82, 2.24) is 19.4 Å². The van der Waals surface area contributed by atoms with E-state index in [1.807, 2.05) is 0 Å². The Hall–Kier alpha value is -1.12. The maximum atomic E-state index is 12.0. The van der Waals surface area contributed by atoms with Crippen LogP contribution in [0.3, 0.4) is 0 Å². The van der Waals surface area contributed by atoms with Crippen LogP contribution in [0.1, 0.15) is 26.7 Å². The molecule has 0 amide bonds. The predicted molar refractivity (Wildman–Crippen MR) is 79.8 cm³/mol. The van der Waals surface area contributed by atoms with Gasteiger partial charge in [-0.2, -0.15) is 5.10 Å². The number of hydrogen-bond donors (Lipinski definition) is 2. The topological polar surface area (TPSA) is 93.2 Å². The second kappa shape index (κ2) is 7.05. The monoisotopic (exact) mass is 303 g/mol. The molecule has 0 bridgehead atoms. The lowest BCUT2D eigenvalue weighted by atomic mass is 10.2. The Kier molecular flexibility index (Phi) is 5.97. The van der Waals surface area contributed by atoms with Gasteiger partial charge in [0, 0.05) is 25.8 Å². The minimum Gasteiger partial charge on any atom is -0.381 e. The van der Waals surface area contributed by atoms with Crippen molar-refractivity contribution in [3.05, 3.63) is 6.20 Å². The van der Waals surface area contributed by atoms with Crippen LogP contribution in [-0.2, 0) is 17.1 Å². The third-order valence-electron chi connectivity index (χ3n) is 3.22. The quantitative estimate of drug-likeness (QED) is 0.678. The number of anilines is 1. The molecule has 1 rings (SSSR count). The third-order valence-corrected chi connectivity index (χ3v) is 4.70. The molecule has 116 valence electrons. The molecule has 0 atom stereocenters. The van der Waals surface area contributed by atoms with Gasteiger partial charge in [0.05, 0.1) is 0 Å². The van der Waals surface area contributed by atoms with E-state index in [1.165, 1.54) is 10.9 Å². The number of aryl methyl sites for hydroxylation is 1. The zero-order valence-electron chi connectivity index (χ0n) is 12.6. The number of nitrogen functional groups attached to an aromatic ring is 1. The van der Waals surface area contributed by atoms with Gasteiger partial charge < -0.3 is 10.6 Å². The van der Waals surface area contributed by atoms with Crippen molar-refractivity contribution in [1.29, 1.82) is 0 Å². The standard InChI is InChI=1S/C12H25N5O2S/c1-10(2)16(3)8-6-5-7-14-20(18,19)11-9-17(4)15-12(11)13/h9-10,14H,5-8H2,1-4H3,(H2,13,15). The van der Waals surface area contributed by atoms with Crippen molar-refractivity contribution in [2.45, 2.75) is 37.6 Å². The van der Waals surface area contributed by atoms with Gasteiger partial charge in [-0.05, 0) is 40.3 Å². The summed E-state index contributed by atoms with van der Waals surface area (Å²) < 4.78 is 28.0. The number of sulfonamides is 1. The minimum atomic E-state index is -3.56. The predicted octanol–water partition coefficient (Wildman–Crippen LogP) is 0.401. The van der Waals surface area contributed by atoms with Gasteiger partial charge in [0.2, 0.25) is 10.0 Å². The van der Waals surface area contributed by atoms with Gasteiger partial charge in [-0.3, -0.25) is 4.68 Å². The van der Waals surface area contributed by atoms with Crippen LogP contribution in [0.5, 0.6) is 0 Å². The van der Waals surface area contributed by atoms with E-state index >= 15 is 0 Å². The second-order valence-electron chi connectivity index (χ2n) is 5.23. The Morgan fingerprint density at radius 3 is 2.60 bits per heavy atom. The summed E-state index contributed by atoms with van der Waals surface area (Å²) in [6, 6.07) is 0.502. The molecular formula is C12H25N5O2S. The Morgan fingerprint density at radius 2 is 2.10 bits per heavy atom. The number of aromatic nitrogens is 2. The fourth-order valence-electron chi connectivity index (χ4n) is 1.72. The molecule has 0 aliphatic carbocycles. The first-order valence-electron chi connectivity index (χ1n) is 6.73. The van der Waals surface area contributed by atoms with Crippen molar-refractivity contribution in [3.8, 4) is 0 Å². The average Bonchev–Trinajstić information content (AvgIpc) is 2.68. The molecule has 7 nitrogen and oxygen atoms in total. The van der Waals surface area contributed by atoms with Crippen molar-refractivity contribution in [2.24, 2.45) is 7.05 Å². The molecule has 1 aromatic rings. The van der Waals surface area contributed by atoms with Gasteiger partial charge in [0.1, 0.15) is 4.90 Å². The highest BCUT2D eigenvalue weighted by Crippen LogP contribution is 2.14. The van der Waals surface area contributed by atoms with E-state index < -0.39 is 10.0 Å². The highest BCUT2D eigenvalue weighted by atomic mass is 32.2. The van der Waals surface area contributed by atoms with Crippen molar-refractivity contribution >= 4 is 15.8 Å². The van der Waals surface area contributed by atoms with Gasteiger partial charge >= 0.3 is 0 Å². The lowest BCUT2D eigenvalue weighted by molar-refractivity contribution is 0.268. The first-order valence-corrected chi connectivity index (χ1v) is 8.21. The number of hydrogen-bond acceptors (Lipinski definition) is 5. The summed E-state index contributed by atoms with van der Waals surface area (Å²) in [6.45, 7) is 5.62. The molecule has 20 heavy (non-hydrogen) atoms. The van der Waals surface area contributed by atoms with Crippen LogP contribution in [0.4, 0.5) is 5.82 Å². The number of nitrogens with one attached hydrogen (secondary N) is 1. The molecular weight excluding hydrogens is 278 g/mol. The van der Waals surface area contributed by atoms with E-state index in [-0.39, 0.29) is 10.7 Å². The van der Waals surface area contributed by atoms with E-state index in [0.29, 0.717) is 12.6 Å². The van der Waals surface area contributed by atoms with Crippen LogP contribution in [0.2, 0.25) is 0 Å². The Morgan fingerprint density at radius 1 is 1.45 bits per heavy atom. The number of rotatable bonds is 8. The van der Waals surface area contributed by atoms with Crippen LogP contribution in [0.15, 0.2) is 11.1 Å². The third kappa shape index (κ3) is 4.77. The molecule has 0 saturated heterocycles. The molecule has 1 heterocycles. The Balaban J connectivity index is 2.40. The molecule has 0 fully saturated rings. The highest BCUT2D eigenvalue weighted by Gasteiger charge is 2.19. The summed E-state index contributed by atoms with van der Waals surface area (Å²) in [5.41, 5.74) is 5.57. The fourth-order valence-corrected chi connectivity index (χ4v) is 2.90. The van der Waals surface area contributed by atoms with Crippen LogP contribution < -0.4 is 10.5 Å². The summed E-state index contributed by atoms with van der Waals surface area (Å²) in [5.74, 6) is 0.0274. The van der Waals surface area contributed by atoms with E-state index in [0.717, 1.165) is 19.4 Å². The number of unbranched alkanes of at least 4 members (excludes halogenated alkanes) is 1. The van der Waals surface area contributed by atoms with Gasteiger partial charge in [-0.1, -0.05) is 0 Å². The normalized spacial score (nSPS) is 12.5. The van der Waals surface area contributed by atoms with Crippen molar-refractivity contribution in [3.63, 3.8) is 0 Å². The molecule has 0 spiro atoms. The Bertz CT molecular complexity index is 524. The van der Waals surface area contributed by atoms with E-state index in [4.69, 9.17) is 5.73 Å². The first kappa shape index (κ1) is 16.9. The van der Waals surface area contributed by atoms with Crippen molar-refractivity contribution < 1.29 is 8.42 Å². The first-order chi connectivity index (χ1) is 9.24. The molecule has 0 aromatic carbocycles. The average molecular weight is 303 g/mol. The SMILES string of the molecule is CC(C)N(C)CCCCNS(=O)(=O)c1cn(C)nc1N. The van der Waals surface area contributed by atoms with E-state index in [9.17, 15) is 8.42 Å². The van der Waals surface area contributed by atoms with Crippen LogP contribution in [-0.4, -0.2) is 49.3 Å². The summed E-state index contributed by atoms with van der Waals surface area (Å²) in [5, 5.41) is 3.83. The molecule has 0 saturated carbocycles. The van der Waals surface area contributed by atoms with E-state index in [1.54, 1.807) is 7.05 Å². The summed E-state index contributed by atoms with van der Waals surface area (Å²) >= 11 is 0. The van der Waals surface area contributed by atoms with Crippen LogP contribution >= 0.6 is 0 Å². The number of nitrogens with two attached hydrogens (primary N) is 1. The highest BCUT2D eigenvalue weighted by molar-refractivity contribution is 7.89. The fraction of sp³-hybridized carbons (Fsp3) is 0.750. The van der Waals surface area contributed by atoms with Crippen molar-refractivity contribution in [2.75, 3.05) is 25.9 Å². The second-order valence-corrected chi connectivity index (χ2v) is 6.97. The summed E-state index contributed by atoms with van der Waals surface area (Å²) in [6.07, 6.45) is 3.14. The molecule has 1 aromatic heterocycles. The summed E-state index contributed by atoms with van der Waals surface area (Å²) in [7, 11) is 0.138. The van der Waals surface area contributed by atoms with Gasteiger partial charge in [-0.25, -0.2) is 13.1 Å². The molecule has 0 aliphatic rings. The molecule has 0 radical (unpaired) electrons. The Labute approximate surface area is 121 Å². The van der Waals surface area contributed by atoms with Crippen LogP contribution in [0.25, 0.3) is 0 Å². The zero-order valence-corrected chi connectivity index (χ0v) is 13.4. The maximum Gasteiger partial charge on any atom is 0.245 e. The van der Waals surface area contributed by atoms with Gasteiger partial charge in [0.25, 0.3) is 0 Å². The van der Waals surface area contributed by atoms with Crippen LogP contribution in [0, 0.1) is 0 Å². The molecule has 3 N–H and O–H groups in total. The lowest BCUT2D eigenvalue weighted by Crippen LogP contribution is -2.29. The maximum absolute atomic E-state index is 12.0. The molecule has 0 unspecified atom stereocenters. The molecule has 8 heteroatoms.